The van der Waals surface area contributed by atoms with Gasteiger partial charge in [0.1, 0.15) is 5.75 Å². The average molecular weight is 358 g/mol. The van der Waals surface area contributed by atoms with Crippen LogP contribution in [0.5, 0.6) is 5.75 Å². The molecule has 1 saturated heterocycles. The van der Waals surface area contributed by atoms with Crippen molar-refractivity contribution in [1.29, 1.82) is 0 Å². The first-order valence-corrected chi connectivity index (χ1v) is 9.13. The number of aryl methyl sites for hydroxylation is 1. The predicted octanol–water partition coefficient (Wildman–Crippen LogP) is 2.42. The molecule has 1 amide bonds. The Labute approximate surface area is 153 Å². The Morgan fingerprint density at radius 3 is 2.69 bits per heavy atom. The number of hydrogen-bond acceptors (Lipinski definition) is 6. The third-order valence-corrected chi connectivity index (χ3v) is 4.43. The second kappa shape index (κ2) is 8.80. The van der Waals surface area contributed by atoms with Crippen LogP contribution in [0.15, 0.2) is 28.8 Å². The van der Waals surface area contributed by atoms with Gasteiger partial charge in [0.15, 0.2) is 6.61 Å². The number of benzene rings is 1. The van der Waals surface area contributed by atoms with Crippen molar-refractivity contribution in [2.45, 2.75) is 33.3 Å². The SMILES string of the molecule is Cc1nc(COc2ccc(C(=O)NCC(C)CN3CCCC3)cc2)no1. The van der Waals surface area contributed by atoms with Gasteiger partial charge in [-0.3, -0.25) is 4.79 Å². The first-order valence-electron chi connectivity index (χ1n) is 9.13. The highest BCUT2D eigenvalue weighted by Crippen LogP contribution is 2.14. The van der Waals surface area contributed by atoms with Crippen LogP contribution in [0.3, 0.4) is 0 Å². The summed E-state index contributed by atoms with van der Waals surface area (Å²) in [5.41, 5.74) is 0.626. The van der Waals surface area contributed by atoms with Crippen LogP contribution in [0.1, 0.15) is 41.8 Å². The Morgan fingerprint density at radius 2 is 2.04 bits per heavy atom. The van der Waals surface area contributed by atoms with Crippen molar-refractivity contribution in [3.05, 3.63) is 41.5 Å². The molecule has 0 saturated carbocycles. The smallest absolute Gasteiger partial charge is 0.251 e. The van der Waals surface area contributed by atoms with Crippen LogP contribution >= 0.6 is 0 Å². The molecule has 1 aliphatic heterocycles. The third kappa shape index (κ3) is 5.29. The molecule has 0 spiro atoms. The van der Waals surface area contributed by atoms with Gasteiger partial charge in [-0.05, 0) is 56.1 Å². The van der Waals surface area contributed by atoms with Crippen molar-refractivity contribution in [2.24, 2.45) is 5.92 Å². The zero-order chi connectivity index (χ0) is 18.4. The maximum atomic E-state index is 12.3. The fraction of sp³-hybridized carbons (Fsp3) is 0.526. The van der Waals surface area contributed by atoms with Crippen molar-refractivity contribution >= 4 is 5.91 Å². The van der Waals surface area contributed by atoms with Gasteiger partial charge in [0, 0.05) is 25.6 Å². The molecule has 1 aromatic heterocycles. The molecule has 1 N–H and O–H groups in total. The number of carbonyl (C=O) groups excluding carboxylic acids is 1. The predicted molar refractivity (Wildman–Crippen MR) is 97.0 cm³/mol. The summed E-state index contributed by atoms with van der Waals surface area (Å²) in [4.78, 5) is 18.8. The van der Waals surface area contributed by atoms with Gasteiger partial charge in [0.05, 0.1) is 0 Å². The zero-order valence-corrected chi connectivity index (χ0v) is 15.4. The van der Waals surface area contributed by atoms with Crippen LogP contribution in [0, 0.1) is 12.8 Å². The molecular formula is C19H26N4O3. The summed E-state index contributed by atoms with van der Waals surface area (Å²) in [6.07, 6.45) is 2.58. The molecule has 7 nitrogen and oxygen atoms in total. The molecule has 0 aliphatic carbocycles. The molecular weight excluding hydrogens is 332 g/mol. The molecule has 2 aromatic rings. The molecule has 1 fully saturated rings. The molecule has 1 unspecified atom stereocenters. The second-order valence-electron chi connectivity index (χ2n) is 6.87. The fourth-order valence-electron chi connectivity index (χ4n) is 3.09. The van der Waals surface area contributed by atoms with E-state index in [-0.39, 0.29) is 12.5 Å². The molecule has 0 bridgehead atoms. The van der Waals surface area contributed by atoms with E-state index in [2.05, 4.69) is 27.3 Å². The Morgan fingerprint density at radius 1 is 1.31 bits per heavy atom. The minimum absolute atomic E-state index is 0.0568. The first-order chi connectivity index (χ1) is 12.6. The third-order valence-electron chi connectivity index (χ3n) is 4.43. The van der Waals surface area contributed by atoms with Gasteiger partial charge in [0.25, 0.3) is 5.91 Å². The number of aromatic nitrogens is 2. The van der Waals surface area contributed by atoms with E-state index in [9.17, 15) is 4.79 Å². The van der Waals surface area contributed by atoms with E-state index < -0.39 is 0 Å². The molecule has 0 radical (unpaired) electrons. The van der Waals surface area contributed by atoms with Crippen LogP contribution in [-0.4, -0.2) is 47.1 Å². The minimum atomic E-state index is -0.0568. The van der Waals surface area contributed by atoms with E-state index in [4.69, 9.17) is 9.26 Å². The second-order valence-corrected chi connectivity index (χ2v) is 6.87. The highest BCUT2D eigenvalue weighted by atomic mass is 16.5. The Hall–Kier alpha value is -2.41. The van der Waals surface area contributed by atoms with Crippen molar-refractivity contribution in [3.63, 3.8) is 0 Å². The van der Waals surface area contributed by atoms with Crippen molar-refractivity contribution in [2.75, 3.05) is 26.2 Å². The van der Waals surface area contributed by atoms with E-state index in [1.165, 1.54) is 25.9 Å². The molecule has 26 heavy (non-hydrogen) atoms. The normalized spacial score (nSPS) is 15.8. The van der Waals surface area contributed by atoms with Gasteiger partial charge >= 0.3 is 0 Å². The summed E-state index contributed by atoms with van der Waals surface area (Å²) in [5, 5.41) is 6.79. The highest BCUT2D eigenvalue weighted by Gasteiger charge is 2.15. The molecule has 1 atom stereocenters. The molecule has 1 aromatic carbocycles. The van der Waals surface area contributed by atoms with E-state index in [1.807, 2.05) is 0 Å². The van der Waals surface area contributed by atoms with E-state index in [0.717, 1.165) is 6.54 Å². The van der Waals surface area contributed by atoms with Gasteiger partial charge < -0.3 is 19.5 Å². The number of hydrogen-bond donors (Lipinski definition) is 1. The van der Waals surface area contributed by atoms with Crippen LogP contribution in [-0.2, 0) is 6.61 Å². The van der Waals surface area contributed by atoms with E-state index in [1.54, 1.807) is 31.2 Å². The molecule has 140 valence electrons. The Bertz CT molecular complexity index is 708. The van der Waals surface area contributed by atoms with Crippen molar-refractivity contribution < 1.29 is 14.1 Å². The van der Waals surface area contributed by atoms with Gasteiger partial charge in [-0.2, -0.15) is 4.98 Å². The number of rotatable bonds is 8. The maximum absolute atomic E-state index is 12.3. The molecule has 1 aliphatic rings. The standard InChI is InChI=1S/C19H26N4O3/c1-14(12-23-9-3-4-10-23)11-20-19(24)16-5-7-17(8-6-16)25-13-18-21-15(2)26-22-18/h5-8,14H,3-4,9-13H2,1-2H3,(H,20,24). The van der Waals surface area contributed by atoms with Crippen LogP contribution < -0.4 is 10.1 Å². The van der Waals surface area contributed by atoms with Crippen molar-refractivity contribution in [3.8, 4) is 5.75 Å². The van der Waals surface area contributed by atoms with Crippen LogP contribution in [0.4, 0.5) is 0 Å². The molecule has 3 rings (SSSR count). The lowest BCUT2D eigenvalue weighted by atomic mass is 10.1. The number of ether oxygens (including phenoxy) is 1. The summed E-state index contributed by atoms with van der Waals surface area (Å²) in [5.74, 6) is 2.05. The summed E-state index contributed by atoms with van der Waals surface area (Å²) in [7, 11) is 0. The lowest BCUT2D eigenvalue weighted by molar-refractivity contribution is 0.0945. The number of nitrogens with zero attached hydrogens (tertiary/aromatic N) is 3. The topological polar surface area (TPSA) is 80.5 Å². The lowest BCUT2D eigenvalue weighted by Crippen LogP contribution is -2.34. The summed E-state index contributed by atoms with van der Waals surface area (Å²) in [6.45, 7) is 8.24. The maximum Gasteiger partial charge on any atom is 0.251 e. The van der Waals surface area contributed by atoms with Crippen molar-refractivity contribution in [1.82, 2.24) is 20.4 Å². The number of likely N-dealkylation sites (tertiary alicyclic amines) is 1. The van der Waals surface area contributed by atoms with Gasteiger partial charge in [0.2, 0.25) is 11.7 Å². The number of carbonyl (C=O) groups is 1. The Balaban J connectivity index is 1.42. The fourth-order valence-corrected chi connectivity index (χ4v) is 3.09. The highest BCUT2D eigenvalue weighted by molar-refractivity contribution is 5.94. The monoisotopic (exact) mass is 358 g/mol. The zero-order valence-electron chi connectivity index (χ0n) is 15.4. The average Bonchev–Trinajstić information content (AvgIpc) is 3.30. The van der Waals surface area contributed by atoms with Crippen LogP contribution in [0.2, 0.25) is 0 Å². The Kier molecular flexibility index (Phi) is 6.22. The summed E-state index contributed by atoms with van der Waals surface area (Å²) >= 11 is 0. The number of amides is 1. The van der Waals surface area contributed by atoms with E-state index in [0.29, 0.717) is 35.5 Å². The van der Waals surface area contributed by atoms with Gasteiger partial charge in [-0.15, -0.1) is 0 Å². The quantitative estimate of drug-likeness (QED) is 0.781. The molecule has 7 heteroatoms. The summed E-state index contributed by atoms with van der Waals surface area (Å²) in [6, 6.07) is 7.07. The first kappa shape index (κ1) is 18.4. The summed E-state index contributed by atoms with van der Waals surface area (Å²) < 4.78 is 10.5. The van der Waals surface area contributed by atoms with Gasteiger partial charge in [-0.25, -0.2) is 0 Å². The minimum Gasteiger partial charge on any atom is -0.485 e. The molecule has 2 heterocycles. The van der Waals surface area contributed by atoms with Crippen LogP contribution in [0.25, 0.3) is 0 Å². The number of nitrogens with one attached hydrogen (secondary N) is 1. The van der Waals surface area contributed by atoms with E-state index >= 15 is 0 Å². The largest absolute Gasteiger partial charge is 0.485 e. The van der Waals surface area contributed by atoms with Gasteiger partial charge in [-0.1, -0.05) is 12.1 Å². The lowest BCUT2D eigenvalue weighted by Gasteiger charge is -2.20.